The Morgan fingerprint density at radius 2 is 1.12 bits per heavy atom. The van der Waals surface area contributed by atoms with Crippen molar-refractivity contribution in [2.24, 2.45) is 0 Å². The van der Waals surface area contributed by atoms with E-state index in [-0.39, 0.29) is 12.2 Å². The first kappa shape index (κ1) is 19.3. The zero-order valence-corrected chi connectivity index (χ0v) is 14.3. The van der Waals surface area contributed by atoms with Crippen molar-refractivity contribution in [3.05, 3.63) is 47.8 Å². The average Bonchev–Trinajstić information content (AvgIpc) is 2.54. The molecule has 2 aromatic heterocycles. The molecule has 0 unspecified atom stereocenters. The van der Waals surface area contributed by atoms with Crippen LogP contribution in [0.4, 0.5) is 0 Å². The molecular weight excluding hydrogens is 308 g/mol. The molecule has 0 aromatic carbocycles. The number of rotatable bonds is 6. The van der Waals surface area contributed by atoms with Crippen LogP contribution in [0.1, 0.15) is 48.7 Å². The number of carbonyl (C=O) groups is 2. The van der Waals surface area contributed by atoms with Crippen LogP contribution in [0.25, 0.3) is 0 Å². The molecule has 0 amide bonds. The number of nitrogens with zero attached hydrogens (tertiary/aromatic N) is 2. The van der Waals surface area contributed by atoms with E-state index in [2.05, 4.69) is 9.97 Å². The first-order valence-corrected chi connectivity index (χ1v) is 7.62. The standard InChI is InChI=1S/2C9H11NO2/c2*1-7(2)12-9-5-3-4-8(6-11)10-9/h2*3-7H,1-2H3. The van der Waals surface area contributed by atoms with Crippen LogP contribution in [0.2, 0.25) is 0 Å². The minimum Gasteiger partial charge on any atom is -0.475 e. The monoisotopic (exact) mass is 330 g/mol. The second-order valence-electron chi connectivity index (χ2n) is 5.37. The van der Waals surface area contributed by atoms with Gasteiger partial charge in [0.15, 0.2) is 12.6 Å². The van der Waals surface area contributed by atoms with Crippen LogP contribution in [0.3, 0.4) is 0 Å². The van der Waals surface area contributed by atoms with Gasteiger partial charge in [-0.1, -0.05) is 12.1 Å². The van der Waals surface area contributed by atoms with Crippen molar-refractivity contribution in [3.8, 4) is 11.8 Å². The van der Waals surface area contributed by atoms with Gasteiger partial charge in [-0.05, 0) is 39.8 Å². The molecule has 2 rings (SSSR count). The number of pyridine rings is 2. The van der Waals surface area contributed by atoms with Crippen LogP contribution >= 0.6 is 0 Å². The third-order valence-corrected chi connectivity index (χ3v) is 2.44. The van der Waals surface area contributed by atoms with Gasteiger partial charge in [0, 0.05) is 12.1 Å². The molecular formula is C18H22N2O4. The number of aldehydes is 2. The van der Waals surface area contributed by atoms with E-state index in [0.717, 1.165) is 0 Å². The molecule has 0 aliphatic rings. The van der Waals surface area contributed by atoms with Gasteiger partial charge in [-0.3, -0.25) is 9.59 Å². The lowest BCUT2D eigenvalue weighted by Crippen LogP contribution is -2.07. The molecule has 0 saturated carbocycles. The Morgan fingerprint density at radius 1 is 0.750 bits per heavy atom. The van der Waals surface area contributed by atoms with Gasteiger partial charge in [-0.15, -0.1) is 0 Å². The van der Waals surface area contributed by atoms with Crippen LogP contribution in [0.5, 0.6) is 11.8 Å². The maximum atomic E-state index is 10.3. The molecule has 0 N–H and O–H groups in total. The third kappa shape index (κ3) is 7.49. The Hall–Kier alpha value is -2.76. The second kappa shape index (κ2) is 10.1. The number of carbonyl (C=O) groups excluding carboxylic acids is 2. The summed E-state index contributed by atoms with van der Waals surface area (Å²) in [7, 11) is 0. The molecule has 0 aliphatic heterocycles. The van der Waals surface area contributed by atoms with Gasteiger partial charge in [-0.2, -0.15) is 0 Å². The molecule has 0 radical (unpaired) electrons. The zero-order chi connectivity index (χ0) is 17.9. The van der Waals surface area contributed by atoms with Gasteiger partial charge in [0.05, 0.1) is 12.2 Å². The van der Waals surface area contributed by atoms with E-state index in [4.69, 9.17) is 9.47 Å². The van der Waals surface area contributed by atoms with Crippen molar-refractivity contribution in [1.82, 2.24) is 9.97 Å². The summed E-state index contributed by atoms with van der Waals surface area (Å²) in [5.41, 5.74) is 0.793. The first-order chi connectivity index (χ1) is 11.4. The van der Waals surface area contributed by atoms with Gasteiger partial charge in [0.25, 0.3) is 0 Å². The highest BCUT2D eigenvalue weighted by molar-refractivity contribution is 5.72. The average molecular weight is 330 g/mol. The Morgan fingerprint density at radius 3 is 1.42 bits per heavy atom. The molecule has 0 atom stereocenters. The fourth-order valence-corrected chi connectivity index (χ4v) is 1.61. The van der Waals surface area contributed by atoms with Gasteiger partial charge in [-0.25, -0.2) is 9.97 Å². The zero-order valence-electron chi connectivity index (χ0n) is 14.3. The summed E-state index contributed by atoms with van der Waals surface area (Å²) in [5.74, 6) is 0.990. The highest BCUT2D eigenvalue weighted by Gasteiger charge is 2.00. The quantitative estimate of drug-likeness (QED) is 0.756. The summed E-state index contributed by atoms with van der Waals surface area (Å²) in [6.07, 6.45) is 1.57. The highest BCUT2D eigenvalue weighted by Crippen LogP contribution is 2.08. The summed E-state index contributed by atoms with van der Waals surface area (Å²) < 4.78 is 10.6. The van der Waals surface area contributed by atoms with Crippen molar-refractivity contribution in [2.45, 2.75) is 39.9 Å². The highest BCUT2D eigenvalue weighted by atomic mass is 16.5. The second-order valence-corrected chi connectivity index (χ2v) is 5.37. The Kier molecular flexibility index (Phi) is 8.11. The summed E-state index contributed by atoms with van der Waals surface area (Å²) in [6.45, 7) is 7.65. The number of hydrogen-bond acceptors (Lipinski definition) is 6. The van der Waals surface area contributed by atoms with Gasteiger partial charge >= 0.3 is 0 Å². The van der Waals surface area contributed by atoms with E-state index < -0.39 is 0 Å². The Labute approximate surface area is 141 Å². The minimum absolute atomic E-state index is 0.0828. The largest absolute Gasteiger partial charge is 0.475 e. The lowest BCUT2D eigenvalue weighted by Gasteiger charge is -2.07. The molecule has 24 heavy (non-hydrogen) atoms. The van der Waals surface area contributed by atoms with E-state index in [1.165, 1.54) is 0 Å². The predicted octanol–water partition coefficient (Wildman–Crippen LogP) is 3.36. The normalized spacial score (nSPS) is 9.92. The van der Waals surface area contributed by atoms with Gasteiger partial charge in [0.2, 0.25) is 11.8 Å². The summed E-state index contributed by atoms with van der Waals surface area (Å²) in [5, 5.41) is 0. The molecule has 0 aliphatic carbocycles. The number of hydrogen-bond donors (Lipinski definition) is 0. The van der Waals surface area contributed by atoms with E-state index in [1.807, 2.05) is 27.7 Å². The topological polar surface area (TPSA) is 78.4 Å². The lowest BCUT2D eigenvalue weighted by molar-refractivity contribution is 0.111. The van der Waals surface area contributed by atoms with E-state index in [9.17, 15) is 9.59 Å². The van der Waals surface area contributed by atoms with Crippen LogP contribution in [-0.2, 0) is 0 Å². The molecule has 128 valence electrons. The van der Waals surface area contributed by atoms with Crippen molar-refractivity contribution >= 4 is 12.6 Å². The summed E-state index contributed by atoms with van der Waals surface area (Å²) >= 11 is 0. The first-order valence-electron chi connectivity index (χ1n) is 7.62. The molecule has 0 saturated heterocycles. The molecule has 0 fully saturated rings. The number of ether oxygens (including phenoxy) is 2. The maximum Gasteiger partial charge on any atom is 0.214 e. The molecule has 2 heterocycles. The Balaban J connectivity index is 0.000000240. The SMILES string of the molecule is CC(C)Oc1cccc(C=O)n1.CC(C)Oc1cccc(C=O)n1. The van der Waals surface area contributed by atoms with Crippen molar-refractivity contribution in [3.63, 3.8) is 0 Å². The fourth-order valence-electron chi connectivity index (χ4n) is 1.61. The van der Waals surface area contributed by atoms with E-state index >= 15 is 0 Å². The molecule has 0 bridgehead atoms. The minimum atomic E-state index is 0.0828. The Bertz CT molecular complexity index is 599. The van der Waals surface area contributed by atoms with Crippen LogP contribution in [0.15, 0.2) is 36.4 Å². The smallest absolute Gasteiger partial charge is 0.214 e. The van der Waals surface area contributed by atoms with Crippen molar-refractivity contribution in [1.29, 1.82) is 0 Å². The molecule has 6 nitrogen and oxygen atoms in total. The molecule has 0 spiro atoms. The van der Waals surface area contributed by atoms with Gasteiger partial charge in [0.1, 0.15) is 11.4 Å². The molecule has 2 aromatic rings. The van der Waals surface area contributed by atoms with E-state index in [0.29, 0.717) is 35.7 Å². The van der Waals surface area contributed by atoms with Gasteiger partial charge < -0.3 is 9.47 Å². The fraction of sp³-hybridized carbons (Fsp3) is 0.333. The number of aromatic nitrogens is 2. The predicted molar refractivity (Wildman–Crippen MR) is 90.8 cm³/mol. The maximum absolute atomic E-state index is 10.3. The van der Waals surface area contributed by atoms with Crippen LogP contribution in [0, 0.1) is 0 Å². The third-order valence-electron chi connectivity index (χ3n) is 2.44. The van der Waals surface area contributed by atoms with Crippen LogP contribution in [-0.4, -0.2) is 34.7 Å². The van der Waals surface area contributed by atoms with Crippen LogP contribution < -0.4 is 9.47 Å². The van der Waals surface area contributed by atoms with E-state index in [1.54, 1.807) is 36.4 Å². The summed E-state index contributed by atoms with van der Waals surface area (Å²) in [6, 6.07) is 10.2. The summed E-state index contributed by atoms with van der Waals surface area (Å²) in [4.78, 5) is 28.5. The molecule has 6 heteroatoms. The van der Waals surface area contributed by atoms with Crippen molar-refractivity contribution in [2.75, 3.05) is 0 Å². The van der Waals surface area contributed by atoms with Crippen molar-refractivity contribution < 1.29 is 19.1 Å². The lowest BCUT2D eigenvalue weighted by atomic mass is 10.4.